The van der Waals surface area contributed by atoms with Gasteiger partial charge in [-0.25, -0.2) is 4.39 Å². The van der Waals surface area contributed by atoms with E-state index in [2.05, 4.69) is 0 Å². The predicted octanol–water partition coefficient (Wildman–Crippen LogP) is 4.96. The molecule has 0 saturated heterocycles. The van der Waals surface area contributed by atoms with Gasteiger partial charge in [-0.1, -0.05) is 12.1 Å². The fourth-order valence-corrected chi connectivity index (χ4v) is 4.13. The quantitative estimate of drug-likeness (QED) is 0.626. The van der Waals surface area contributed by atoms with Crippen molar-refractivity contribution >= 4 is 5.97 Å². The summed E-state index contributed by atoms with van der Waals surface area (Å²) in [6.45, 7) is 0.572. The lowest BCUT2D eigenvalue weighted by atomic mass is 9.75. The van der Waals surface area contributed by atoms with E-state index in [1.807, 2.05) is 24.3 Å². The van der Waals surface area contributed by atoms with Gasteiger partial charge in [-0.15, -0.1) is 0 Å². The molecule has 2 aromatic rings. The summed E-state index contributed by atoms with van der Waals surface area (Å²) in [6.07, 6.45) is 3.73. The number of rotatable bonds is 9. The summed E-state index contributed by atoms with van der Waals surface area (Å²) in [7, 11) is 3.21. The van der Waals surface area contributed by atoms with Crippen molar-refractivity contribution in [3.05, 3.63) is 59.4 Å². The summed E-state index contributed by atoms with van der Waals surface area (Å²) in [5.41, 5.74) is 0.853. The number of carboxylic acids is 1. The molecule has 6 heteroatoms. The molecule has 0 unspecified atom stereocenters. The number of hydrogen-bond donors (Lipinski definition) is 1. The fourth-order valence-electron chi connectivity index (χ4n) is 4.13. The summed E-state index contributed by atoms with van der Waals surface area (Å²) in [4.78, 5) is 10.8. The highest BCUT2D eigenvalue weighted by Crippen LogP contribution is 2.44. The molecule has 1 N–H and O–H groups in total. The van der Waals surface area contributed by atoms with Gasteiger partial charge in [0.2, 0.25) is 0 Å². The molecule has 0 bridgehead atoms. The molecule has 1 aliphatic rings. The maximum atomic E-state index is 14.5. The smallest absolute Gasteiger partial charge is 0.303 e. The molecule has 5 nitrogen and oxygen atoms in total. The topological polar surface area (TPSA) is 65.0 Å². The van der Waals surface area contributed by atoms with E-state index in [1.54, 1.807) is 26.4 Å². The van der Waals surface area contributed by atoms with Crippen LogP contribution in [0, 0.1) is 11.7 Å². The van der Waals surface area contributed by atoms with Crippen LogP contribution < -0.4 is 9.47 Å². The third kappa shape index (κ3) is 5.30. The third-order valence-corrected chi connectivity index (χ3v) is 5.98. The molecule has 0 amide bonds. The molecule has 162 valence electrons. The van der Waals surface area contributed by atoms with E-state index in [0.717, 1.165) is 24.2 Å². The molecule has 30 heavy (non-hydrogen) atoms. The van der Waals surface area contributed by atoms with Gasteiger partial charge in [0.25, 0.3) is 0 Å². The highest BCUT2D eigenvalue weighted by molar-refractivity contribution is 5.67. The van der Waals surface area contributed by atoms with E-state index in [1.165, 1.54) is 6.07 Å². The first kappa shape index (κ1) is 22.1. The molecular weight excluding hydrogens is 387 g/mol. The Morgan fingerprint density at radius 3 is 2.57 bits per heavy atom. The van der Waals surface area contributed by atoms with E-state index in [-0.39, 0.29) is 12.2 Å². The maximum absolute atomic E-state index is 14.5. The molecule has 1 fully saturated rings. The lowest BCUT2D eigenvalue weighted by Crippen LogP contribution is -2.36. The van der Waals surface area contributed by atoms with Crippen molar-refractivity contribution in [2.45, 2.75) is 44.1 Å². The van der Waals surface area contributed by atoms with Gasteiger partial charge in [0, 0.05) is 19.1 Å². The SMILES string of the molecule is COc1ccc(F)c(C2(OC)CCC(COc3cccc(CCC(=O)O)c3)CC2)c1. The van der Waals surface area contributed by atoms with Crippen molar-refractivity contribution in [3.63, 3.8) is 0 Å². The zero-order valence-electron chi connectivity index (χ0n) is 17.5. The van der Waals surface area contributed by atoms with Gasteiger partial charge < -0.3 is 19.3 Å². The molecule has 0 heterocycles. The van der Waals surface area contributed by atoms with Crippen molar-refractivity contribution in [1.82, 2.24) is 0 Å². The van der Waals surface area contributed by atoms with Crippen LogP contribution in [-0.2, 0) is 21.6 Å². The number of carboxylic acid groups (broad SMARTS) is 1. The van der Waals surface area contributed by atoms with Crippen molar-refractivity contribution in [1.29, 1.82) is 0 Å². The Morgan fingerprint density at radius 1 is 1.13 bits per heavy atom. The van der Waals surface area contributed by atoms with Crippen molar-refractivity contribution in [2.75, 3.05) is 20.8 Å². The van der Waals surface area contributed by atoms with Crippen LogP contribution in [0.4, 0.5) is 4.39 Å². The van der Waals surface area contributed by atoms with Crippen molar-refractivity contribution in [2.24, 2.45) is 5.92 Å². The zero-order chi connectivity index (χ0) is 21.6. The maximum Gasteiger partial charge on any atom is 0.303 e. The Hall–Kier alpha value is -2.60. The number of aryl methyl sites for hydroxylation is 1. The lowest BCUT2D eigenvalue weighted by molar-refractivity contribution is -0.136. The van der Waals surface area contributed by atoms with E-state index in [0.29, 0.717) is 43.1 Å². The van der Waals surface area contributed by atoms with E-state index < -0.39 is 11.6 Å². The second-order valence-corrected chi connectivity index (χ2v) is 7.84. The van der Waals surface area contributed by atoms with Gasteiger partial charge in [-0.3, -0.25) is 4.79 Å². The van der Waals surface area contributed by atoms with Crippen molar-refractivity contribution < 1.29 is 28.5 Å². The van der Waals surface area contributed by atoms with Crippen LogP contribution in [0.25, 0.3) is 0 Å². The summed E-state index contributed by atoms with van der Waals surface area (Å²) in [6, 6.07) is 12.4. The zero-order valence-corrected chi connectivity index (χ0v) is 17.5. The molecule has 1 aliphatic carbocycles. The van der Waals surface area contributed by atoms with Crippen LogP contribution in [0.2, 0.25) is 0 Å². The number of aliphatic carboxylic acids is 1. The number of methoxy groups -OCH3 is 2. The van der Waals surface area contributed by atoms with Crippen LogP contribution in [0.5, 0.6) is 11.5 Å². The molecule has 0 radical (unpaired) electrons. The number of benzene rings is 2. The lowest BCUT2D eigenvalue weighted by Gasteiger charge is -2.39. The predicted molar refractivity (Wildman–Crippen MR) is 111 cm³/mol. The van der Waals surface area contributed by atoms with Gasteiger partial charge in [0.1, 0.15) is 17.3 Å². The average Bonchev–Trinajstić information content (AvgIpc) is 2.77. The Balaban J connectivity index is 1.59. The summed E-state index contributed by atoms with van der Waals surface area (Å²) in [5, 5.41) is 8.84. The first-order chi connectivity index (χ1) is 14.5. The molecule has 3 rings (SSSR count). The van der Waals surface area contributed by atoms with E-state index >= 15 is 0 Å². The highest BCUT2D eigenvalue weighted by atomic mass is 19.1. The van der Waals surface area contributed by atoms with Gasteiger partial charge in [-0.2, -0.15) is 0 Å². The Bertz CT molecular complexity index is 858. The molecule has 0 spiro atoms. The summed E-state index contributed by atoms with van der Waals surface area (Å²) < 4.78 is 31.6. The standard InChI is InChI=1S/C24H29FO5/c1-28-19-7-8-22(25)21(15-19)24(29-2)12-10-18(11-13-24)16-30-20-5-3-4-17(14-20)6-9-23(26)27/h3-5,7-8,14-15,18H,6,9-13,16H2,1-2H3,(H,26,27). The van der Waals surface area contributed by atoms with Gasteiger partial charge in [0.15, 0.2) is 0 Å². The minimum absolute atomic E-state index is 0.103. The normalized spacial score (nSPS) is 21.2. The third-order valence-electron chi connectivity index (χ3n) is 5.98. The van der Waals surface area contributed by atoms with Gasteiger partial charge in [-0.05, 0) is 73.9 Å². The molecule has 0 aliphatic heterocycles. The first-order valence-corrected chi connectivity index (χ1v) is 10.3. The van der Waals surface area contributed by atoms with Crippen LogP contribution >= 0.6 is 0 Å². The number of ether oxygens (including phenoxy) is 3. The highest BCUT2D eigenvalue weighted by Gasteiger charge is 2.39. The van der Waals surface area contributed by atoms with Crippen molar-refractivity contribution in [3.8, 4) is 11.5 Å². The van der Waals surface area contributed by atoms with Crippen LogP contribution in [0.1, 0.15) is 43.2 Å². The van der Waals surface area contributed by atoms with Gasteiger partial charge in [0.05, 0.1) is 19.3 Å². The summed E-state index contributed by atoms with van der Waals surface area (Å²) in [5.74, 6) is 0.643. The van der Waals surface area contributed by atoms with Crippen LogP contribution in [0.15, 0.2) is 42.5 Å². The average molecular weight is 416 g/mol. The Morgan fingerprint density at radius 2 is 1.90 bits per heavy atom. The van der Waals surface area contributed by atoms with E-state index in [9.17, 15) is 9.18 Å². The summed E-state index contributed by atoms with van der Waals surface area (Å²) >= 11 is 0. The Kier molecular flexibility index (Phi) is 7.32. The number of halogens is 1. The molecule has 1 saturated carbocycles. The Labute approximate surface area is 176 Å². The first-order valence-electron chi connectivity index (χ1n) is 10.3. The fraction of sp³-hybridized carbons (Fsp3) is 0.458. The molecule has 2 aromatic carbocycles. The van der Waals surface area contributed by atoms with Crippen LogP contribution in [0.3, 0.4) is 0 Å². The molecule has 0 aromatic heterocycles. The number of hydrogen-bond acceptors (Lipinski definition) is 4. The largest absolute Gasteiger partial charge is 0.497 e. The minimum atomic E-state index is -0.808. The van der Waals surface area contributed by atoms with Gasteiger partial charge >= 0.3 is 5.97 Å². The molecule has 0 atom stereocenters. The van der Waals surface area contributed by atoms with Crippen LogP contribution in [-0.4, -0.2) is 31.9 Å². The second-order valence-electron chi connectivity index (χ2n) is 7.84. The second kappa shape index (κ2) is 9.94. The minimum Gasteiger partial charge on any atom is -0.497 e. The number of carbonyl (C=O) groups is 1. The van der Waals surface area contributed by atoms with E-state index in [4.69, 9.17) is 19.3 Å². The monoisotopic (exact) mass is 416 g/mol. The molecular formula is C24H29FO5.